The number of methoxy groups -OCH3 is 1. The smallest absolute Gasteiger partial charge is 0.306 e. The fourth-order valence-electron chi connectivity index (χ4n) is 3.31. The number of fused-ring (bicyclic) bond motifs is 1. The van der Waals surface area contributed by atoms with Gasteiger partial charge < -0.3 is 19.3 Å². The minimum atomic E-state index is -0.959. The van der Waals surface area contributed by atoms with E-state index in [1.165, 1.54) is 11.8 Å². The van der Waals surface area contributed by atoms with Crippen molar-refractivity contribution in [1.29, 1.82) is 0 Å². The van der Waals surface area contributed by atoms with Crippen LogP contribution in [-0.2, 0) is 14.3 Å². The summed E-state index contributed by atoms with van der Waals surface area (Å²) >= 11 is 7.77. The molecule has 0 spiro atoms. The van der Waals surface area contributed by atoms with Crippen LogP contribution in [0.25, 0.3) is 0 Å². The van der Waals surface area contributed by atoms with E-state index in [1.54, 1.807) is 25.0 Å². The summed E-state index contributed by atoms with van der Waals surface area (Å²) < 4.78 is 11.0. The molecule has 1 amide bonds. The number of likely N-dealkylation sites (N-methyl/N-ethyl adjacent to an activating group) is 1. The van der Waals surface area contributed by atoms with E-state index in [9.17, 15) is 9.59 Å². The minimum absolute atomic E-state index is 0.195. The van der Waals surface area contributed by atoms with Crippen molar-refractivity contribution in [3.8, 4) is 5.75 Å². The van der Waals surface area contributed by atoms with Gasteiger partial charge in [0, 0.05) is 29.4 Å². The lowest BCUT2D eigenvalue weighted by Crippen LogP contribution is -2.45. The molecule has 166 valence electrons. The van der Waals surface area contributed by atoms with E-state index < -0.39 is 17.3 Å². The Kier molecular flexibility index (Phi) is 7.86. The molecule has 1 aliphatic rings. The lowest BCUT2D eigenvalue weighted by Gasteiger charge is -2.28. The van der Waals surface area contributed by atoms with Crippen molar-refractivity contribution in [2.45, 2.75) is 29.6 Å². The number of carbonyl (C=O) groups is 2. The molecular weight excluding hydrogens is 436 g/mol. The van der Waals surface area contributed by atoms with Gasteiger partial charge in [-0.1, -0.05) is 30.7 Å². The first kappa shape index (κ1) is 23.4. The summed E-state index contributed by atoms with van der Waals surface area (Å²) in [7, 11) is 5.51. The highest BCUT2D eigenvalue weighted by Crippen LogP contribution is 2.47. The van der Waals surface area contributed by atoms with E-state index >= 15 is 0 Å². The standard InChI is InChI=1S/C23H27ClN2O4S/c1-5-20(27)30-21-22(15-6-9-17(29-4)10-7-15)31-19-14-16(24)8-11-18(19)26(23(21)28)13-12-25(2)3/h6-11,14,21-22H,5,12-13H2,1-4H3. The molecule has 0 radical (unpaired) electrons. The van der Waals surface area contributed by atoms with Gasteiger partial charge in [0.1, 0.15) is 5.75 Å². The normalized spacial score (nSPS) is 18.5. The van der Waals surface area contributed by atoms with Crippen molar-refractivity contribution < 1.29 is 19.1 Å². The van der Waals surface area contributed by atoms with E-state index in [2.05, 4.69) is 0 Å². The molecule has 0 aromatic heterocycles. The summed E-state index contributed by atoms with van der Waals surface area (Å²) in [6.07, 6.45) is -0.764. The van der Waals surface area contributed by atoms with E-state index in [0.29, 0.717) is 23.9 Å². The van der Waals surface area contributed by atoms with Crippen LogP contribution in [0.2, 0.25) is 5.02 Å². The van der Waals surface area contributed by atoms with Gasteiger partial charge in [-0.05, 0) is 50.0 Å². The Hall–Kier alpha value is -2.22. The third kappa shape index (κ3) is 5.53. The van der Waals surface area contributed by atoms with Gasteiger partial charge in [0.15, 0.2) is 6.10 Å². The number of hydrogen-bond donors (Lipinski definition) is 0. The molecule has 0 aliphatic carbocycles. The number of amides is 1. The van der Waals surface area contributed by atoms with Crippen LogP contribution >= 0.6 is 23.4 Å². The van der Waals surface area contributed by atoms with Gasteiger partial charge in [-0.25, -0.2) is 0 Å². The second kappa shape index (κ2) is 10.4. The number of thioether (sulfide) groups is 1. The van der Waals surface area contributed by atoms with Gasteiger partial charge in [-0.3, -0.25) is 9.59 Å². The Morgan fingerprint density at radius 2 is 1.90 bits per heavy atom. The summed E-state index contributed by atoms with van der Waals surface area (Å²) in [6, 6.07) is 13.0. The van der Waals surface area contributed by atoms with Gasteiger partial charge in [0.2, 0.25) is 0 Å². The zero-order valence-electron chi connectivity index (χ0n) is 18.1. The summed E-state index contributed by atoms with van der Waals surface area (Å²) in [5.74, 6) is 0.0684. The third-order valence-corrected chi connectivity index (χ3v) is 6.60. The van der Waals surface area contributed by atoms with Crippen molar-refractivity contribution in [1.82, 2.24) is 4.90 Å². The second-order valence-corrected chi connectivity index (χ2v) is 9.10. The highest BCUT2D eigenvalue weighted by Gasteiger charge is 2.41. The van der Waals surface area contributed by atoms with Gasteiger partial charge in [-0.2, -0.15) is 0 Å². The molecule has 0 fully saturated rings. The molecule has 2 atom stereocenters. The Morgan fingerprint density at radius 3 is 2.52 bits per heavy atom. The van der Waals surface area contributed by atoms with Gasteiger partial charge in [0.25, 0.3) is 5.91 Å². The zero-order valence-corrected chi connectivity index (χ0v) is 19.7. The van der Waals surface area contributed by atoms with Gasteiger partial charge in [-0.15, -0.1) is 11.8 Å². The number of halogens is 1. The first-order valence-electron chi connectivity index (χ1n) is 10.1. The SMILES string of the molecule is CCC(=O)OC1C(=O)N(CCN(C)C)c2ccc(Cl)cc2SC1c1ccc(OC)cc1. The maximum absolute atomic E-state index is 13.7. The van der Waals surface area contributed by atoms with Crippen molar-refractivity contribution >= 4 is 40.9 Å². The highest BCUT2D eigenvalue weighted by molar-refractivity contribution is 7.99. The van der Waals surface area contributed by atoms with Crippen LogP contribution in [0.4, 0.5) is 5.69 Å². The topological polar surface area (TPSA) is 59.1 Å². The molecule has 2 aromatic rings. The molecule has 8 heteroatoms. The molecule has 2 unspecified atom stereocenters. The molecule has 31 heavy (non-hydrogen) atoms. The molecule has 0 saturated carbocycles. The molecule has 6 nitrogen and oxygen atoms in total. The monoisotopic (exact) mass is 462 g/mol. The van der Waals surface area contributed by atoms with Crippen molar-refractivity contribution in [2.75, 3.05) is 39.2 Å². The van der Waals surface area contributed by atoms with E-state index in [4.69, 9.17) is 21.1 Å². The number of esters is 1. The fraction of sp³-hybridized carbons (Fsp3) is 0.391. The second-order valence-electron chi connectivity index (χ2n) is 7.48. The lowest BCUT2D eigenvalue weighted by molar-refractivity contribution is -0.154. The van der Waals surface area contributed by atoms with Crippen LogP contribution in [0.15, 0.2) is 47.4 Å². The van der Waals surface area contributed by atoms with Crippen LogP contribution in [0.1, 0.15) is 24.2 Å². The summed E-state index contributed by atoms with van der Waals surface area (Å²) in [6.45, 7) is 2.86. The maximum atomic E-state index is 13.7. The first-order valence-corrected chi connectivity index (χ1v) is 11.4. The average Bonchev–Trinajstić information content (AvgIpc) is 2.86. The number of nitrogens with zero attached hydrogens (tertiary/aromatic N) is 2. The fourth-order valence-corrected chi connectivity index (χ4v) is 4.90. The number of benzene rings is 2. The number of hydrogen-bond acceptors (Lipinski definition) is 6. The van der Waals surface area contributed by atoms with Gasteiger partial charge >= 0.3 is 5.97 Å². The summed E-state index contributed by atoms with van der Waals surface area (Å²) in [4.78, 5) is 30.6. The van der Waals surface area contributed by atoms with E-state index in [0.717, 1.165) is 16.1 Å². The van der Waals surface area contributed by atoms with Gasteiger partial charge in [0.05, 0.1) is 18.0 Å². The Morgan fingerprint density at radius 1 is 1.19 bits per heavy atom. The van der Waals surface area contributed by atoms with Crippen molar-refractivity contribution in [3.05, 3.63) is 53.1 Å². The maximum Gasteiger partial charge on any atom is 0.306 e. The minimum Gasteiger partial charge on any atom is -0.497 e. The molecule has 0 saturated heterocycles. The number of ether oxygens (including phenoxy) is 2. The lowest BCUT2D eigenvalue weighted by atomic mass is 10.1. The Balaban J connectivity index is 2.09. The van der Waals surface area contributed by atoms with Crippen molar-refractivity contribution in [3.63, 3.8) is 0 Å². The summed E-state index contributed by atoms with van der Waals surface area (Å²) in [5.41, 5.74) is 1.64. The Bertz CT molecular complexity index is 936. The molecule has 1 aliphatic heterocycles. The molecule has 0 bridgehead atoms. The average molecular weight is 463 g/mol. The number of anilines is 1. The Labute approximate surface area is 192 Å². The summed E-state index contributed by atoms with van der Waals surface area (Å²) in [5, 5.41) is 0.166. The third-order valence-electron chi connectivity index (χ3n) is 5.01. The van der Waals surface area contributed by atoms with Crippen LogP contribution in [0.3, 0.4) is 0 Å². The van der Waals surface area contributed by atoms with E-state index in [1.807, 2.05) is 55.4 Å². The predicted molar refractivity (Wildman–Crippen MR) is 124 cm³/mol. The quantitative estimate of drug-likeness (QED) is 0.568. The van der Waals surface area contributed by atoms with Crippen LogP contribution < -0.4 is 9.64 Å². The van der Waals surface area contributed by atoms with Crippen LogP contribution in [0, 0.1) is 0 Å². The first-order chi connectivity index (χ1) is 14.8. The van der Waals surface area contributed by atoms with E-state index in [-0.39, 0.29) is 12.3 Å². The highest BCUT2D eigenvalue weighted by atomic mass is 35.5. The molecular formula is C23H27ClN2O4S. The predicted octanol–water partition coefficient (Wildman–Crippen LogP) is 4.41. The van der Waals surface area contributed by atoms with Crippen LogP contribution in [-0.4, -0.2) is 57.2 Å². The number of rotatable bonds is 7. The van der Waals surface area contributed by atoms with Crippen molar-refractivity contribution in [2.24, 2.45) is 0 Å². The molecule has 2 aromatic carbocycles. The molecule has 3 rings (SSSR count). The van der Waals surface area contributed by atoms with Crippen LogP contribution in [0.5, 0.6) is 5.75 Å². The molecule has 0 N–H and O–H groups in total. The number of carbonyl (C=O) groups excluding carboxylic acids is 2. The molecule has 1 heterocycles. The zero-order chi connectivity index (χ0) is 22.5. The largest absolute Gasteiger partial charge is 0.497 e.